The summed E-state index contributed by atoms with van der Waals surface area (Å²) in [5.74, 6) is -0.201. The van der Waals surface area contributed by atoms with E-state index in [9.17, 15) is 4.79 Å². The minimum atomic E-state index is -0.201. The molecule has 1 aromatic carbocycles. The van der Waals surface area contributed by atoms with Gasteiger partial charge in [-0.3, -0.25) is 4.79 Å². The van der Waals surface area contributed by atoms with Crippen molar-refractivity contribution in [3.63, 3.8) is 0 Å². The van der Waals surface area contributed by atoms with Crippen LogP contribution in [0.25, 0.3) is 0 Å². The van der Waals surface area contributed by atoms with Crippen molar-refractivity contribution in [2.24, 2.45) is 5.73 Å². The summed E-state index contributed by atoms with van der Waals surface area (Å²) in [5.41, 5.74) is 8.35. The van der Waals surface area contributed by atoms with Crippen molar-refractivity contribution in [2.75, 3.05) is 26.1 Å². The second-order valence-corrected chi connectivity index (χ2v) is 4.64. The molecule has 0 spiro atoms. The fourth-order valence-corrected chi connectivity index (χ4v) is 1.74. The monoisotopic (exact) mass is 250 g/mol. The van der Waals surface area contributed by atoms with Crippen LogP contribution in [-0.2, 0) is 16.0 Å². The Morgan fingerprint density at radius 3 is 2.44 bits per heavy atom. The zero-order valence-electron chi connectivity index (χ0n) is 11.3. The number of methoxy groups -OCH3 is 1. The molecule has 0 heterocycles. The zero-order valence-corrected chi connectivity index (χ0v) is 11.3. The van der Waals surface area contributed by atoms with E-state index < -0.39 is 0 Å². The number of hydrogen-bond acceptors (Lipinski definition) is 4. The molecule has 1 atom stereocenters. The van der Waals surface area contributed by atoms with Gasteiger partial charge in [0.2, 0.25) is 0 Å². The molecule has 0 aliphatic carbocycles. The molecule has 0 saturated carbocycles. The lowest BCUT2D eigenvalue weighted by molar-refractivity contribution is -0.140. The Labute approximate surface area is 109 Å². The second kappa shape index (κ2) is 7.01. The minimum Gasteiger partial charge on any atom is -0.469 e. The van der Waals surface area contributed by atoms with Crippen molar-refractivity contribution in [3.05, 3.63) is 29.8 Å². The van der Waals surface area contributed by atoms with Crippen LogP contribution in [0, 0.1) is 0 Å². The molecular weight excluding hydrogens is 228 g/mol. The maximum atomic E-state index is 11.0. The minimum absolute atomic E-state index is 0.00527. The van der Waals surface area contributed by atoms with Gasteiger partial charge in [-0.1, -0.05) is 12.1 Å². The van der Waals surface area contributed by atoms with Gasteiger partial charge in [0.05, 0.1) is 7.11 Å². The molecule has 0 bridgehead atoms. The molecule has 0 aromatic heterocycles. The van der Waals surface area contributed by atoms with E-state index in [1.807, 2.05) is 14.1 Å². The van der Waals surface area contributed by atoms with Crippen LogP contribution >= 0.6 is 0 Å². The molecule has 2 N–H and O–H groups in total. The van der Waals surface area contributed by atoms with E-state index in [1.165, 1.54) is 18.4 Å². The third-order valence-electron chi connectivity index (χ3n) is 2.90. The molecule has 1 rings (SSSR count). The van der Waals surface area contributed by atoms with Crippen LogP contribution in [0.5, 0.6) is 0 Å². The summed E-state index contributed by atoms with van der Waals surface area (Å²) in [6.07, 6.45) is 1.82. The van der Waals surface area contributed by atoms with E-state index in [4.69, 9.17) is 5.73 Å². The maximum Gasteiger partial charge on any atom is 0.305 e. The van der Waals surface area contributed by atoms with Gasteiger partial charge >= 0.3 is 5.97 Å². The van der Waals surface area contributed by atoms with Crippen LogP contribution < -0.4 is 10.6 Å². The lowest BCUT2D eigenvalue weighted by Gasteiger charge is -2.14. The second-order valence-electron chi connectivity index (χ2n) is 4.64. The first-order valence-electron chi connectivity index (χ1n) is 6.11. The lowest BCUT2D eigenvalue weighted by Crippen LogP contribution is -2.24. The topological polar surface area (TPSA) is 55.6 Å². The Bertz CT molecular complexity index is 374. The molecule has 18 heavy (non-hydrogen) atoms. The molecule has 0 aliphatic rings. The van der Waals surface area contributed by atoms with Crippen molar-refractivity contribution in [2.45, 2.75) is 25.3 Å². The number of rotatable bonds is 6. The van der Waals surface area contributed by atoms with Crippen molar-refractivity contribution in [3.8, 4) is 0 Å². The SMILES string of the molecule is COC(=O)CCC(N)Cc1ccc(N(C)C)cc1. The molecule has 0 fully saturated rings. The number of carbonyl (C=O) groups excluding carboxylic acids is 1. The fraction of sp³-hybridized carbons (Fsp3) is 0.500. The van der Waals surface area contributed by atoms with E-state index in [-0.39, 0.29) is 12.0 Å². The number of ether oxygens (including phenoxy) is 1. The molecule has 0 radical (unpaired) electrons. The van der Waals surface area contributed by atoms with Gasteiger partial charge in [-0.25, -0.2) is 0 Å². The van der Waals surface area contributed by atoms with Gasteiger partial charge in [0.15, 0.2) is 0 Å². The highest BCUT2D eigenvalue weighted by atomic mass is 16.5. The van der Waals surface area contributed by atoms with Gasteiger partial charge in [-0.15, -0.1) is 0 Å². The number of esters is 1. The first kappa shape index (κ1) is 14.5. The largest absolute Gasteiger partial charge is 0.469 e. The molecule has 1 aromatic rings. The summed E-state index contributed by atoms with van der Waals surface area (Å²) in [5, 5.41) is 0. The highest BCUT2D eigenvalue weighted by Gasteiger charge is 2.08. The summed E-state index contributed by atoms with van der Waals surface area (Å²) in [7, 11) is 5.42. The summed E-state index contributed by atoms with van der Waals surface area (Å²) in [6.45, 7) is 0. The summed E-state index contributed by atoms with van der Waals surface area (Å²) in [6, 6.07) is 8.29. The number of carbonyl (C=O) groups is 1. The average Bonchev–Trinajstić information content (AvgIpc) is 2.36. The first-order valence-corrected chi connectivity index (χ1v) is 6.11. The van der Waals surface area contributed by atoms with Crippen LogP contribution in [0.1, 0.15) is 18.4 Å². The van der Waals surface area contributed by atoms with Gasteiger partial charge in [-0.05, 0) is 30.5 Å². The van der Waals surface area contributed by atoms with Gasteiger partial charge in [0, 0.05) is 32.2 Å². The summed E-state index contributed by atoms with van der Waals surface area (Å²) < 4.78 is 4.59. The fourth-order valence-electron chi connectivity index (χ4n) is 1.74. The molecule has 4 heteroatoms. The van der Waals surface area contributed by atoms with Crippen LogP contribution in [-0.4, -0.2) is 33.2 Å². The zero-order chi connectivity index (χ0) is 13.5. The Morgan fingerprint density at radius 1 is 1.33 bits per heavy atom. The highest BCUT2D eigenvalue weighted by Crippen LogP contribution is 2.14. The number of nitrogens with zero attached hydrogens (tertiary/aromatic N) is 1. The van der Waals surface area contributed by atoms with Gasteiger partial charge < -0.3 is 15.4 Å². The van der Waals surface area contributed by atoms with Crippen molar-refractivity contribution in [1.82, 2.24) is 0 Å². The van der Waals surface area contributed by atoms with Crippen molar-refractivity contribution in [1.29, 1.82) is 0 Å². The predicted molar refractivity (Wildman–Crippen MR) is 73.7 cm³/mol. The van der Waals surface area contributed by atoms with Crippen LogP contribution in [0.2, 0.25) is 0 Å². The third kappa shape index (κ3) is 4.75. The van der Waals surface area contributed by atoms with Crippen LogP contribution in [0.4, 0.5) is 5.69 Å². The van der Waals surface area contributed by atoms with Gasteiger partial charge in [0.25, 0.3) is 0 Å². The summed E-state index contributed by atoms with van der Waals surface area (Å²) >= 11 is 0. The van der Waals surface area contributed by atoms with Crippen molar-refractivity contribution >= 4 is 11.7 Å². The number of hydrogen-bond donors (Lipinski definition) is 1. The Kier molecular flexibility index (Phi) is 5.65. The van der Waals surface area contributed by atoms with Gasteiger partial charge in [-0.2, -0.15) is 0 Å². The molecule has 0 amide bonds. The number of nitrogens with two attached hydrogens (primary N) is 1. The molecule has 0 aliphatic heterocycles. The van der Waals surface area contributed by atoms with E-state index in [0.29, 0.717) is 12.8 Å². The average molecular weight is 250 g/mol. The van der Waals surface area contributed by atoms with Gasteiger partial charge in [0.1, 0.15) is 0 Å². The Hall–Kier alpha value is -1.55. The van der Waals surface area contributed by atoms with Crippen LogP contribution in [0.3, 0.4) is 0 Å². The molecule has 4 nitrogen and oxygen atoms in total. The molecule has 1 unspecified atom stereocenters. The highest BCUT2D eigenvalue weighted by molar-refractivity contribution is 5.69. The van der Waals surface area contributed by atoms with E-state index >= 15 is 0 Å². The maximum absolute atomic E-state index is 11.0. The number of benzene rings is 1. The smallest absolute Gasteiger partial charge is 0.305 e. The normalized spacial score (nSPS) is 12.0. The number of anilines is 1. The Balaban J connectivity index is 2.44. The van der Waals surface area contributed by atoms with E-state index in [2.05, 4.69) is 33.9 Å². The van der Waals surface area contributed by atoms with E-state index in [0.717, 1.165) is 6.42 Å². The third-order valence-corrected chi connectivity index (χ3v) is 2.90. The first-order chi connectivity index (χ1) is 8.52. The quantitative estimate of drug-likeness (QED) is 0.779. The molecular formula is C14H22N2O2. The molecule has 0 saturated heterocycles. The predicted octanol–water partition coefficient (Wildman–Crippen LogP) is 1.58. The van der Waals surface area contributed by atoms with Crippen LogP contribution in [0.15, 0.2) is 24.3 Å². The Morgan fingerprint density at radius 2 is 1.94 bits per heavy atom. The summed E-state index contributed by atoms with van der Waals surface area (Å²) in [4.78, 5) is 13.1. The standard InChI is InChI=1S/C14H22N2O2/c1-16(2)13-7-4-11(5-8-13)10-12(15)6-9-14(17)18-3/h4-5,7-8,12H,6,9-10,15H2,1-3H3. The molecule has 100 valence electrons. The van der Waals surface area contributed by atoms with E-state index in [1.54, 1.807) is 0 Å². The lowest BCUT2D eigenvalue weighted by atomic mass is 10.0. The van der Waals surface area contributed by atoms with Crippen molar-refractivity contribution < 1.29 is 9.53 Å².